The molecule has 0 rings (SSSR count). The first-order valence-corrected chi connectivity index (χ1v) is 6.27. The van der Waals surface area contributed by atoms with Crippen LogP contribution in [0.15, 0.2) is 0 Å². The van der Waals surface area contributed by atoms with Crippen molar-refractivity contribution in [3.05, 3.63) is 0 Å². The van der Waals surface area contributed by atoms with Crippen molar-refractivity contribution in [1.29, 1.82) is 0 Å². The number of hydrogen-bond acceptors (Lipinski definition) is 6. The van der Waals surface area contributed by atoms with Crippen LogP contribution in [0, 0.1) is 0 Å². The van der Waals surface area contributed by atoms with E-state index in [0.29, 0.717) is 28.5 Å². The van der Waals surface area contributed by atoms with Gasteiger partial charge in [-0.2, -0.15) is 0 Å². The van der Waals surface area contributed by atoms with Crippen LogP contribution in [0.25, 0.3) is 0 Å². The van der Waals surface area contributed by atoms with Crippen molar-refractivity contribution in [1.82, 2.24) is 0 Å². The van der Waals surface area contributed by atoms with Crippen molar-refractivity contribution < 1.29 is 37.1 Å². The summed E-state index contributed by atoms with van der Waals surface area (Å²) in [5, 5.41) is 0. The van der Waals surface area contributed by atoms with Gasteiger partial charge in [0.1, 0.15) is 0 Å². The second-order valence-electron chi connectivity index (χ2n) is 2.03. The molecule has 0 amide bonds. The summed E-state index contributed by atoms with van der Waals surface area (Å²) in [7, 11) is -7.10. The third-order valence-electron chi connectivity index (χ3n) is 1.25. The Kier molecular flexibility index (Phi) is 1.91. The molecule has 66 valence electrons. The van der Waals surface area contributed by atoms with Crippen molar-refractivity contribution in [2.45, 2.75) is 0 Å². The van der Waals surface area contributed by atoms with Crippen LogP contribution in [0.4, 0.5) is 0 Å². The van der Waals surface area contributed by atoms with Gasteiger partial charge in [-0.1, -0.05) is 0 Å². The van der Waals surface area contributed by atoms with Crippen LogP contribution in [-0.4, -0.2) is 28.5 Å². The molecule has 0 spiro atoms. The molecule has 0 atom stereocenters. The second-order valence-corrected chi connectivity index (χ2v) is 8.37. The van der Waals surface area contributed by atoms with Crippen LogP contribution in [0.1, 0.15) is 0 Å². The van der Waals surface area contributed by atoms with Crippen LogP contribution < -0.4 is 0 Å². The molecule has 0 radical (unpaired) electrons. The van der Waals surface area contributed by atoms with Crippen LogP contribution in [0.2, 0.25) is 0 Å². The van der Waals surface area contributed by atoms with Gasteiger partial charge in [-0.05, 0) is 0 Å². The van der Waals surface area contributed by atoms with E-state index >= 15 is 0 Å². The Morgan fingerprint density at radius 1 is 0.462 bits per heavy atom. The van der Waals surface area contributed by atoms with Crippen LogP contribution in [-0.2, 0) is 37.1 Å². The summed E-state index contributed by atoms with van der Waals surface area (Å²) in [6, 6.07) is 0. The van der Waals surface area contributed by atoms with Crippen molar-refractivity contribution in [2.24, 2.45) is 0 Å². The Bertz CT molecular complexity index is 786. The van der Waals surface area contributed by atoms with E-state index in [-0.39, 0.29) is 0 Å². The Labute approximate surface area is 66.1 Å². The first-order valence-electron chi connectivity index (χ1n) is 2.45. The Morgan fingerprint density at radius 2 is 0.615 bits per heavy atom. The van der Waals surface area contributed by atoms with E-state index in [0.717, 1.165) is 0 Å². The third-order valence-corrected chi connectivity index (χ3v) is 5.15. The number of rotatable bonds is 0. The number of hydrogen-bond donors (Lipinski definition) is 0. The van der Waals surface area contributed by atoms with Crippen LogP contribution in [0.5, 0.6) is 0 Å². The zero-order chi connectivity index (χ0) is 10.7. The molecule has 0 aliphatic rings. The molecule has 0 aromatic carbocycles. The Balaban J connectivity index is 11.0. The van der Waals surface area contributed by atoms with Crippen molar-refractivity contribution in [3.8, 4) is 0 Å². The Hall–Kier alpha value is -1.99. The summed E-state index contributed by atoms with van der Waals surface area (Å²) in [5.41, 5.74) is 0. The zero-order valence-electron chi connectivity index (χ0n) is 5.86. The first-order chi connectivity index (χ1) is 5.97. The summed E-state index contributed by atoms with van der Waals surface area (Å²) in [6.07, 6.45) is 0. The van der Waals surface area contributed by atoms with E-state index in [4.69, 9.17) is 0 Å². The van der Waals surface area contributed by atoms with Gasteiger partial charge in [0.25, 0.3) is 0 Å². The summed E-state index contributed by atoms with van der Waals surface area (Å²) in [4.78, 5) is 61.6. The van der Waals surface area contributed by atoms with E-state index in [9.17, 15) is 28.8 Å². The zero-order valence-corrected chi connectivity index (χ0v) is 7.13. The fraction of sp³-hybridized carbons (Fsp3) is 0. The van der Waals surface area contributed by atoms with Crippen LogP contribution >= 0.6 is 0 Å². The molecule has 0 heterocycles. The summed E-state index contributed by atoms with van der Waals surface area (Å²) in [5.74, 6) is 0. The summed E-state index contributed by atoms with van der Waals surface area (Å²) >= 11 is 0. The molecule has 0 fully saturated rings. The third kappa shape index (κ3) is 0.819. The molecule has 0 saturated carbocycles. The molecule has 0 aliphatic heterocycles. The van der Waals surface area contributed by atoms with Gasteiger partial charge in [-0.3, -0.25) is 0 Å². The molecule has 6 nitrogen and oxygen atoms in total. The summed E-state index contributed by atoms with van der Waals surface area (Å²) < 4.78 is 2.94. The maximum absolute atomic E-state index is 10.3. The fourth-order valence-corrected chi connectivity index (χ4v) is 1.05. The predicted octanol–water partition coefficient (Wildman–Crippen LogP) is -2.39. The summed E-state index contributed by atoms with van der Waals surface area (Å²) in [6.45, 7) is 0. The SMILES string of the molecule is O=[C]=[Cr](=[C]=O)(=[C]=O)(=[C]=O)(=[C]=O)=[C]=O. The topological polar surface area (TPSA) is 102 Å². The van der Waals surface area contributed by atoms with Gasteiger partial charge in [0, 0.05) is 0 Å². The van der Waals surface area contributed by atoms with Crippen molar-refractivity contribution in [2.75, 3.05) is 0 Å². The van der Waals surface area contributed by atoms with Gasteiger partial charge in [0.05, 0.1) is 0 Å². The van der Waals surface area contributed by atoms with E-state index in [1.54, 1.807) is 0 Å². The molecular weight excluding hydrogens is 220 g/mol. The molecule has 13 heavy (non-hydrogen) atoms. The molecule has 0 aliphatic carbocycles. The van der Waals surface area contributed by atoms with Gasteiger partial charge in [0.2, 0.25) is 0 Å². The van der Waals surface area contributed by atoms with Gasteiger partial charge in [0.15, 0.2) is 0 Å². The second kappa shape index (κ2) is 2.25. The van der Waals surface area contributed by atoms with Gasteiger partial charge in [-0.25, -0.2) is 0 Å². The van der Waals surface area contributed by atoms with Crippen LogP contribution in [0.3, 0.4) is 0 Å². The van der Waals surface area contributed by atoms with E-state index in [1.807, 2.05) is 0 Å². The minimum absolute atomic E-state index is 0.490. The molecule has 0 saturated heterocycles. The van der Waals surface area contributed by atoms with Crippen molar-refractivity contribution in [3.63, 3.8) is 0 Å². The fourth-order valence-electron chi connectivity index (χ4n) is 0.255. The quantitative estimate of drug-likeness (QED) is 0.451. The average molecular weight is 220 g/mol. The van der Waals surface area contributed by atoms with E-state index < -0.39 is 8.30 Å². The van der Waals surface area contributed by atoms with E-state index in [1.165, 1.54) is 0 Å². The molecule has 0 N–H and O–H groups in total. The molecule has 0 aromatic heterocycles. The number of carbonyl (C=O) groups excluding carboxylic acids is 6. The standard InChI is InChI=1S/6CO.Cr/c6*1-2;. The first kappa shape index (κ1) is 11.0. The van der Waals surface area contributed by atoms with Gasteiger partial charge >= 0.3 is 65.6 Å². The molecule has 0 bridgehead atoms. The Morgan fingerprint density at radius 3 is 0.615 bits per heavy atom. The van der Waals surface area contributed by atoms with Gasteiger partial charge < -0.3 is 0 Å². The molecular formula is C6CrO6. The minimum atomic E-state index is -7.10. The van der Waals surface area contributed by atoms with E-state index in [2.05, 4.69) is 0 Å². The monoisotopic (exact) mass is 220 g/mol. The molecule has 7 heteroatoms. The average Bonchev–Trinajstić information content (AvgIpc) is 2.26. The molecule has 0 aromatic rings. The molecule has 0 unspecified atom stereocenters. The predicted molar refractivity (Wildman–Crippen MR) is 34.2 cm³/mol. The normalized spacial score (nSPS) is 8.31. The maximum atomic E-state index is 10.3. The van der Waals surface area contributed by atoms with Crippen molar-refractivity contribution >= 4 is 28.5 Å². The van der Waals surface area contributed by atoms with Gasteiger partial charge in [-0.15, -0.1) is 0 Å².